The van der Waals surface area contributed by atoms with Gasteiger partial charge >= 0.3 is 0 Å². The summed E-state index contributed by atoms with van der Waals surface area (Å²) in [5, 5.41) is 14.7. The number of aromatic nitrogens is 2. The molecule has 0 unspecified atom stereocenters. The third kappa shape index (κ3) is 5.73. The van der Waals surface area contributed by atoms with Crippen LogP contribution in [0.1, 0.15) is 20.3 Å². The predicted octanol–water partition coefficient (Wildman–Crippen LogP) is 1.00. The summed E-state index contributed by atoms with van der Waals surface area (Å²) in [6, 6.07) is -0.254. The summed E-state index contributed by atoms with van der Waals surface area (Å²) in [6.07, 6.45) is 0.501. The molecule has 124 valence electrons. The molecule has 10 heteroatoms. The van der Waals surface area contributed by atoms with Gasteiger partial charge in [-0.05, 0) is 12.3 Å². The van der Waals surface area contributed by atoms with Gasteiger partial charge in [-0.15, -0.1) is 10.2 Å². The standard InChI is InChI=1S/C12H20N4O3S3/c1-8(2)5-13-11-15-16-12(21-11)20-6-10(17)14-9-3-4-22(18,19)7-9/h8-9H,3-7H2,1-2H3,(H,13,15)(H,14,17)/t9-/m0/s1. The van der Waals surface area contributed by atoms with E-state index in [1.54, 1.807) is 0 Å². The van der Waals surface area contributed by atoms with Gasteiger partial charge in [-0.1, -0.05) is 36.9 Å². The lowest BCUT2D eigenvalue weighted by Gasteiger charge is -2.09. The third-order valence-corrected chi connectivity index (χ3v) is 6.77. The van der Waals surface area contributed by atoms with E-state index < -0.39 is 9.84 Å². The van der Waals surface area contributed by atoms with Crippen molar-refractivity contribution in [3.8, 4) is 0 Å². The van der Waals surface area contributed by atoms with Crippen LogP contribution in [0.4, 0.5) is 5.13 Å². The predicted molar refractivity (Wildman–Crippen MR) is 89.2 cm³/mol. The molecule has 0 bridgehead atoms. The van der Waals surface area contributed by atoms with Gasteiger partial charge in [-0.3, -0.25) is 4.79 Å². The van der Waals surface area contributed by atoms with Crippen molar-refractivity contribution in [2.45, 2.75) is 30.6 Å². The Bertz CT molecular complexity index is 615. The van der Waals surface area contributed by atoms with Crippen LogP contribution in [0.25, 0.3) is 0 Å². The highest BCUT2D eigenvalue weighted by Gasteiger charge is 2.28. The van der Waals surface area contributed by atoms with Crippen molar-refractivity contribution in [3.05, 3.63) is 0 Å². The number of rotatable bonds is 7. The zero-order valence-corrected chi connectivity index (χ0v) is 15.0. The quantitative estimate of drug-likeness (QED) is 0.696. The first-order chi connectivity index (χ1) is 10.3. The van der Waals surface area contributed by atoms with E-state index in [1.165, 1.54) is 23.1 Å². The molecule has 0 saturated carbocycles. The minimum Gasteiger partial charge on any atom is -0.360 e. The smallest absolute Gasteiger partial charge is 0.230 e. The van der Waals surface area contributed by atoms with E-state index in [0.29, 0.717) is 12.3 Å². The number of amides is 1. The molecular weight excluding hydrogens is 344 g/mol. The molecule has 2 rings (SSSR count). The van der Waals surface area contributed by atoms with Gasteiger partial charge in [0, 0.05) is 12.6 Å². The summed E-state index contributed by atoms with van der Waals surface area (Å²) in [5.41, 5.74) is 0. The van der Waals surface area contributed by atoms with E-state index in [9.17, 15) is 13.2 Å². The Labute approximate surface area is 138 Å². The number of hydrogen-bond donors (Lipinski definition) is 2. The van der Waals surface area contributed by atoms with E-state index in [4.69, 9.17) is 0 Å². The highest BCUT2D eigenvalue weighted by Crippen LogP contribution is 2.25. The van der Waals surface area contributed by atoms with Crippen molar-refractivity contribution in [3.63, 3.8) is 0 Å². The van der Waals surface area contributed by atoms with Crippen molar-refractivity contribution >= 4 is 44.0 Å². The van der Waals surface area contributed by atoms with E-state index in [1.807, 2.05) is 0 Å². The SMILES string of the molecule is CC(C)CNc1nnc(SCC(=O)N[C@H]2CCS(=O)(=O)C2)s1. The van der Waals surface area contributed by atoms with Gasteiger partial charge in [-0.2, -0.15) is 0 Å². The van der Waals surface area contributed by atoms with Crippen LogP contribution < -0.4 is 10.6 Å². The van der Waals surface area contributed by atoms with Gasteiger partial charge in [-0.25, -0.2) is 8.42 Å². The summed E-state index contributed by atoms with van der Waals surface area (Å²) >= 11 is 2.72. The second kappa shape index (κ2) is 7.60. The molecule has 2 heterocycles. The average Bonchev–Trinajstić information content (AvgIpc) is 3.00. The van der Waals surface area contributed by atoms with Crippen molar-refractivity contribution in [2.24, 2.45) is 5.92 Å². The van der Waals surface area contributed by atoms with E-state index in [-0.39, 0.29) is 29.2 Å². The number of anilines is 1. The molecule has 2 N–H and O–H groups in total. The molecule has 1 aliphatic heterocycles. The minimum absolute atomic E-state index is 0.0471. The van der Waals surface area contributed by atoms with Gasteiger partial charge in [0.2, 0.25) is 11.0 Å². The van der Waals surface area contributed by atoms with Gasteiger partial charge in [0.25, 0.3) is 0 Å². The van der Waals surface area contributed by atoms with Crippen LogP contribution in [0.15, 0.2) is 4.34 Å². The molecule has 7 nitrogen and oxygen atoms in total. The lowest BCUT2D eigenvalue weighted by molar-refractivity contribution is -0.119. The van der Waals surface area contributed by atoms with Crippen LogP contribution in [0.5, 0.6) is 0 Å². The fraction of sp³-hybridized carbons (Fsp3) is 0.750. The molecular formula is C12H20N4O3S3. The van der Waals surface area contributed by atoms with Crippen molar-refractivity contribution in [2.75, 3.05) is 29.1 Å². The molecule has 1 amide bonds. The number of carbonyl (C=O) groups is 1. The summed E-state index contributed by atoms with van der Waals surface area (Å²) in [6.45, 7) is 5.05. The van der Waals surface area contributed by atoms with Crippen molar-refractivity contribution in [1.82, 2.24) is 15.5 Å². The zero-order valence-electron chi connectivity index (χ0n) is 12.5. The van der Waals surface area contributed by atoms with Gasteiger partial charge in [0.1, 0.15) is 0 Å². The lowest BCUT2D eigenvalue weighted by Crippen LogP contribution is -2.36. The summed E-state index contributed by atoms with van der Waals surface area (Å²) in [7, 11) is -2.97. The molecule has 0 aromatic carbocycles. The second-order valence-corrected chi connectivity index (χ2v) is 10.0. The summed E-state index contributed by atoms with van der Waals surface area (Å²) in [4.78, 5) is 11.8. The number of nitrogens with zero attached hydrogens (tertiary/aromatic N) is 2. The Morgan fingerprint density at radius 2 is 2.23 bits per heavy atom. The number of sulfone groups is 1. The molecule has 1 aromatic rings. The van der Waals surface area contributed by atoms with Crippen LogP contribution in [0.3, 0.4) is 0 Å². The van der Waals surface area contributed by atoms with Gasteiger partial charge < -0.3 is 10.6 Å². The molecule has 1 atom stereocenters. The van der Waals surface area contributed by atoms with E-state index >= 15 is 0 Å². The van der Waals surface area contributed by atoms with Crippen LogP contribution in [0, 0.1) is 5.92 Å². The maximum atomic E-state index is 11.8. The Morgan fingerprint density at radius 1 is 1.45 bits per heavy atom. The number of nitrogens with one attached hydrogen (secondary N) is 2. The molecule has 1 aliphatic rings. The molecule has 1 fully saturated rings. The Hall–Kier alpha value is -0.870. The highest BCUT2D eigenvalue weighted by molar-refractivity contribution is 8.01. The average molecular weight is 365 g/mol. The first-order valence-electron chi connectivity index (χ1n) is 7.04. The number of carbonyl (C=O) groups excluding carboxylic acids is 1. The third-order valence-electron chi connectivity index (χ3n) is 2.99. The van der Waals surface area contributed by atoms with Crippen LogP contribution in [-0.2, 0) is 14.6 Å². The van der Waals surface area contributed by atoms with Crippen LogP contribution in [0.2, 0.25) is 0 Å². The van der Waals surface area contributed by atoms with Gasteiger partial charge in [0.05, 0.1) is 17.3 Å². The number of thioether (sulfide) groups is 1. The van der Waals surface area contributed by atoms with E-state index in [0.717, 1.165) is 16.0 Å². The molecule has 1 saturated heterocycles. The largest absolute Gasteiger partial charge is 0.360 e. The Balaban J connectivity index is 1.72. The normalized spacial score (nSPS) is 20.2. The first kappa shape index (κ1) is 17.5. The summed E-state index contributed by atoms with van der Waals surface area (Å²) < 4.78 is 23.4. The monoisotopic (exact) mass is 364 g/mol. The van der Waals surface area contributed by atoms with Crippen molar-refractivity contribution < 1.29 is 13.2 Å². The van der Waals surface area contributed by atoms with Crippen LogP contribution >= 0.6 is 23.1 Å². The van der Waals surface area contributed by atoms with Crippen molar-refractivity contribution in [1.29, 1.82) is 0 Å². The fourth-order valence-corrected chi connectivity index (χ4v) is 5.18. The lowest BCUT2D eigenvalue weighted by atomic mass is 10.2. The van der Waals surface area contributed by atoms with E-state index in [2.05, 4.69) is 34.7 Å². The summed E-state index contributed by atoms with van der Waals surface area (Å²) in [5.74, 6) is 0.778. The molecule has 0 spiro atoms. The minimum atomic E-state index is -2.97. The Morgan fingerprint density at radius 3 is 2.86 bits per heavy atom. The molecule has 22 heavy (non-hydrogen) atoms. The maximum absolute atomic E-state index is 11.8. The topological polar surface area (TPSA) is 101 Å². The van der Waals surface area contributed by atoms with Gasteiger partial charge in [0.15, 0.2) is 14.2 Å². The molecule has 1 aromatic heterocycles. The highest BCUT2D eigenvalue weighted by atomic mass is 32.2. The Kier molecular flexibility index (Phi) is 6.04. The van der Waals surface area contributed by atoms with Crippen LogP contribution in [-0.4, -0.2) is 54.4 Å². The maximum Gasteiger partial charge on any atom is 0.230 e. The molecule has 0 radical (unpaired) electrons. The fourth-order valence-electron chi connectivity index (χ4n) is 1.94. The second-order valence-electron chi connectivity index (χ2n) is 5.60. The first-order valence-corrected chi connectivity index (χ1v) is 10.7. The molecule has 0 aliphatic carbocycles. The number of hydrogen-bond acceptors (Lipinski definition) is 8. The zero-order chi connectivity index (χ0) is 16.2.